The zero-order chi connectivity index (χ0) is 9.30. The smallest absolute Gasteiger partial charge is 0.220 e. The molecule has 0 bridgehead atoms. The van der Waals surface area contributed by atoms with Crippen molar-refractivity contribution >= 4 is 5.91 Å². The predicted octanol–water partition coefficient (Wildman–Crippen LogP) is 1.71. The minimum absolute atomic E-state index is 0.0606. The van der Waals surface area contributed by atoms with Crippen LogP contribution in [-0.4, -0.2) is 5.91 Å². The van der Waals surface area contributed by atoms with Crippen molar-refractivity contribution in [1.29, 1.82) is 0 Å². The molecule has 0 heterocycles. The molecule has 0 aromatic carbocycles. The summed E-state index contributed by atoms with van der Waals surface area (Å²) >= 11 is 0. The third kappa shape index (κ3) is 1.68. The van der Waals surface area contributed by atoms with Crippen LogP contribution in [0.3, 0.4) is 0 Å². The summed E-state index contributed by atoms with van der Waals surface area (Å²) in [6, 6.07) is 0. The van der Waals surface area contributed by atoms with Gasteiger partial charge in [0.1, 0.15) is 0 Å². The first kappa shape index (κ1) is 9.30. The van der Waals surface area contributed by atoms with Gasteiger partial charge in [-0.25, -0.2) is 0 Å². The summed E-state index contributed by atoms with van der Waals surface area (Å²) < 4.78 is 0. The van der Waals surface area contributed by atoms with Crippen LogP contribution < -0.4 is 5.73 Å². The first-order valence-corrected chi connectivity index (χ1v) is 4.49. The Morgan fingerprint density at radius 3 is 2.67 bits per heavy atom. The lowest BCUT2D eigenvalue weighted by molar-refractivity contribution is -0.124. The van der Waals surface area contributed by atoms with Crippen molar-refractivity contribution in [2.24, 2.45) is 23.5 Å². The molecule has 12 heavy (non-hydrogen) atoms. The van der Waals surface area contributed by atoms with Crippen molar-refractivity contribution in [3.05, 3.63) is 12.2 Å². The number of rotatable bonds is 1. The van der Waals surface area contributed by atoms with Gasteiger partial charge in [0, 0.05) is 5.92 Å². The van der Waals surface area contributed by atoms with Crippen molar-refractivity contribution < 1.29 is 4.79 Å². The first-order valence-electron chi connectivity index (χ1n) is 4.49. The Bertz CT molecular complexity index is 210. The largest absolute Gasteiger partial charge is 0.369 e. The molecule has 1 aliphatic carbocycles. The second-order valence-electron chi connectivity index (χ2n) is 3.99. The Balaban J connectivity index is 2.67. The molecule has 2 heteroatoms. The van der Waals surface area contributed by atoms with Crippen LogP contribution in [0.1, 0.15) is 26.7 Å². The quantitative estimate of drug-likeness (QED) is 0.593. The number of hydrogen-bond donors (Lipinski definition) is 1. The molecule has 0 saturated heterocycles. The lowest BCUT2D eigenvalue weighted by atomic mass is 9.73. The van der Waals surface area contributed by atoms with Crippen molar-refractivity contribution in [2.45, 2.75) is 26.7 Å². The van der Waals surface area contributed by atoms with Gasteiger partial charge in [-0.15, -0.1) is 0 Å². The van der Waals surface area contributed by atoms with Crippen molar-refractivity contribution in [1.82, 2.24) is 0 Å². The number of allylic oxidation sites excluding steroid dienone is 1. The van der Waals surface area contributed by atoms with E-state index >= 15 is 0 Å². The van der Waals surface area contributed by atoms with Gasteiger partial charge in [0.2, 0.25) is 5.91 Å². The summed E-state index contributed by atoms with van der Waals surface area (Å²) in [6.07, 6.45) is 1.84. The van der Waals surface area contributed by atoms with Crippen LogP contribution in [-0.2, 0) is 4.79 Å². The summed E-state index contributed by atoms with van der Waals surface area (Å²) in [7, 11) is 0. The van der Waals surface area contributed by atoms with Crippen molar-refractivity contribution in [2.75, 3.05) is 0 Å². The fourth-order valence-electron chi connectivity index (χ4n) is 1.93. The lowest BCUT2D eigenvalue weighted by Gasteiger charge is -2.32. The topological polar surface area (TPSA) is 43.1 Å². The molecule has 0 spiro atoms. The van der Waals surface area contributed by atoms with Crippen molar-refractivity contribution in [3.8, 4) is 0 Å². The lowest BCUT2D eigenvalue weighted by Crippen LogP contribution is -2.34. The average molecular weight is 167 g/mol. The Morgan fingerprint density at radius 1 is 1.58 bits per heavy atom. The molecule has 68 valence electrons. The number of amides is 1. The fourth-order valence-corrected chi connectivity index (χ4v) is 1.93. The van der Waals surface area contributed by atoms with Gasteiger partial charge in [0.05, 0.1) is 0 Å². The number of primary amides is 1. The monoisotopic (exact) mass is 167 g/mol. The number of carbonyl (C=O) groups is 1. The molecular formula is C10H17NO. The fraction of sp³-hybridized carbons (Fsp3) is 0.700. The Kier molecular flexibility index (Phi) is 2.55. The maximum Gasteiger partial charge on any atom is 0.220 e. The SMILES string of the molecule is C=C1CC(C)C(C(N)=O)CC1C. The van der Waals surface area contributed by atoms with Crippen LogP contribution in [0.15, 0.2) is 12.2 Å². The summed E-state index contributed by atoms with van der Waals surface area (Å²) in [5.41, 5.74) is 6.56. The number of carbonyl (C=O) groups excluding carboxylic acids is 1. The second kappa shape index (κ2) is 3.30. The predicted molar refractivity (Wildman–Crippen MR) is 49.4 cm³/mol. The van der Waals surface area contributed by atoms with Gasteiger partial charge in [-0.3, -0.25) is 4.79 Å². The van der Waals surface area contributed by atoms with Crippen LogP contribution >= 0.6 is 0 Å². The van der Waals surface area contributed by atoms with E-state index in [2.05, 4.69) is 20.4 Å². The van der Waals surface area contributed by atoms with Crippen LogP contribution in [0.2, 0.25) is 0 Å². The normalized spacial score (nSPS) is 36.5. The summed E-state index contributed by atoms with van der Waals surface area (Å²) in [5, 5.41) is 0. The second-order valence-corrected chi connectivity index (χ2v) is 3.99. The van der Waals surface area contributed by atoms with Crippen LogP contribution in [0, 0.1) is 17.8 Å². The summed E-state index contributed by atoms with van der Waals surface area (Å²) in [4.78, 5) is 11.0. The molecule has 2 nitrogen and oxygen atoms in total. The van der Waals surface area contributed by atoms with Gasteiger partial charge in [-0.05, 0) is 24.7 Å². The Morgan fingerprint density at radius 2 is 2.17 bits per heavy atom. The molecule has 2 N–H and O–H groups in total. The molecule has 1 aliphatic rings. The number of hydrogen-bond acceptors (Lipinski definition) is 1. The van der Waals surface area contributed by atoms with E-state index in [4.69, 9.17) is 5.73 Å². The molecule has 1 amide bonds. The van der Waals surface area contributed by atoms with E-state index in [-0.39, 0.29) is 11.8 Å². The van der Waals surface area contributed by atoms with E-state index in [1.165, 1.54) is 5.57 Å². The highest BCUT2D eigenvalue weighted by molar-refractivity contribution is 5.77. The molecular weight excluding hydrogens is 150 g/mol. The van der Waals surface area contributed by atoms with E-state index in [0.717, 1.165) is 12.8 Å². The van der Waals surface area contributed by atoms with E-state index in [1.807, 2.05) is 0 Å². The maximum absolute atomic E-state index is 11.0. The highest BCUT2D eigenvalue weighted by Gasteiger charge is 2.31. The van der Waals surface area contributed by atoms with Gasteiger partial charge in [0.15, 0.2) is 0 Å². The molecule has 1 fully saturated rings. The van der Waals surface area contributed by atoms with Crippen LogP contribution in [0.25, 0.3) is 0 Å². The van der Waals surface area contributed by atoms with E-state index < -0.39 is 0 Å². The molecule has 1 saturated carbocycles. The Hall–Kier alpha value is -0.790. The third-order valence-corrected chi connectivity index (χ3v) is 2.94. The van der Waals surface area contributed by atoms with Gasteiger partial charge in [-0.1, -0.05) is 26.0 Å². The standard InChI is InChI=1S/C10H17NO/c1-6-4-8(3)9(10(11)12)5-7(6)2/h7-9H,1,4-5H2,2-3H3,(H2,11,12). The average Bonchev–Trinajstić information content (AvgIpc) is 1.96. The third-order valence-electron chi connectivity index (χ3n) is 2.94. The van der Waals surface area contributed by atoms with Gasteiger partial charge >= 0.3 is 0 Å². The Labute approximate surface area is 73.8 Å². The molecule has 3 unspecified atom stereocenters. The summed E-state index contributed by atoms with van der Waals surface area (Å²) in [5.74, 6) is 0.747. The van der Waals surface area contributed by atoms with Crippen molar-refractivity contribution in [3.63, 3.8) is 0 Å². The minimum atomic E-state index is -0.151. The minimum Gasteiger partial charge on any atom is -0.369 e. The molecule has 0 radical (unpaired) electrons. The zero-order valence-corrected chi connectivity index (χ0v) is 7.84. The van der Waals surface area contributed by atoms with Crippen LogP contribution in [0.5, 0.6) is 0 Å². The molecule has 0 aromatic rings. The van der Waals surface area contributed by atoms with Crippen LogP contribution in [0.4, 0.5) is 0 Å². The zero-order valence-electron chi connectivity index (χ0n) is 7.84. The first-order chi connectivity index (χ1) is 5.52. The molecule has 3 atom stereocenters. The highest BCUT2D eigenvalue weighted by Crippen LogP contribution is 2.35. The van der Waals surface area contributed by atoms with E-state index in [0.29, 0.717) is 11.8 Å². The van der Waals surface area contributed by atoms with Gasteiger partial charge in [0.25, 0.3) is 0 Å². The molecule has 0 aromatic heterocycles. The van der Waals surface area contributed by atoms with Gasteiger partial charge in [-0.2, -0.15) is 0 Å². The molecule has 1 rings (SSSR count). The molecule has 0 aliphatic heterocycles. The number of nitrogens with two attached hydrogens (primary N) is 1. The maximum atomic E-state index is 11.0. The van der Waals surface area contributed by atoms with E-state index in [1.54, 1.807) is 0 Å². The van der Waals surface area contributed by atoms with Gasteiger partial charge < -0.3 is 5.73 Å². The highest BCUT2D eigenvalue weighted by atomic mass is 16.1. The van der Waals surface area contributed by atoms with E-state index in [9.17, 15) is 4.79 Å². The summed E-state index contributed by atoms with van der Waals surface area (Å²) in [6.45, 7) is 8.18.